The Morgan fingerprint density at radius 2 is 1.79 bits per heavy atom. The zero-order chi connectivity index (χ0) is 20.6. The number of amides is 2. The van der Waals surface area contributed by atoms with E-state index in [2.05, 4.69) is 11.0 Å². The Hall–Kier alpha value is -3.37. The molecule has 2 N–H and O–H groups in total. The lowest BCUT2D eigenvalue weighted by Gasteiger charge is -2.23. The number of carbonyl (C=O) groups is 2. The van der Waals surface area contributed by atoms with E-state index in [1.165, 1.54) is 0 Å². The molecule has 3 rings (SSSR count). The van der Waals surface area contributed by atoms with Crippen molar-refractivity contribution in [2.24, 2.45) is 5.73 Å². The van der Waals surface area contributed by atoms with Crippen LogP contribution in [0.5, 0.6) is 5.75 Å². The Bertz CT molecular complexity index is 905. The molecular formula is C22H24N4O3. The third kappa shape index (κ3) is 5.56. The Balaban J connectivity index is 1.62. The molecule has 7 nitrogen and oxygen atoms in total. The summed E-state index contributed by atoms with van der Waals surface area (Å²) >= 11 is 0. The van der Waals surface area contributed by atoms with Crippen LogP contribution in [0.2, 0.25) is 0 Å². The van der Waals surface area contributed by atoms with Gasteiger partial charge in [0.05, 0.1) is 17.2 Å². The first-order valence-electron chi connectivity index (χ1n) is 9.57. The molecular weight excluding hydrogens is 368 g/mol. The van der Waals surface area contributed by atoms with Gasteiger partial charge in [0.1, 0.15) is 5.75 Å². The van der Waals surface area contributed by atoms with Crippen molar-refractivity contribution in [3.8, 4) is 11.8 Å². The number of benzene rings is 2. The topological polar surface area (TPSA) is 99.7 Å². The molecule has 1 aliphatic heterocycles. The zero-order valence-corrected chi connectivity index (χ0v) is 16.2. The first-order chi connectivity index (χ1) is 14.1. The van der Waals surface area contributed by atoms with Gasteiger partial charge in [-0.15, -0.1) is 0 Å². The summed E-state index contributed by atoms with van der Waals surface area (Å²) in [6.07, 6.45) is 0.867. The standard InChI is InChI=1S/C22H24N4O3/c23-14-17-6-8-18(9-7-17)15-25-10-3-11-26(13-12-25)22(28)19-4-1-2-5-20(19)29-16-21(24)27/h1-2,4-9H,3,10-13,15-16H2,(H2,24,27). The van der Waals surface area contributed by atoms with E-state index in [1.54, 1.807) is 24.3 Å². The first kappa shape index (κ1) is 20.4. The van der Waals surface area contributed by atoms with Crippen LogP contribution >= 0.6 is 0 Å². The summed E-state index contributed by atoms with van der Waals surface area (Å²) in [5.74, 6) is -0.319. The van der Waals surface area contributed by atoms with Crippen LogP contribution in [0.1, 0.15) is 27.9 Å². The minimum absolute atomic E-state index is 0.106. The molecule has 7 heteroatoms. The van der Waals surface area contributed by atoms with Gasteiger partial charge in [-0.05, 0) is 36.2 Å². The van der Waals surface area contributed by atoms with Crippen LogP contribution < -0.4 is 10.5 Å². The smallest absolute Gasteiger partial charge is 0.257 e. The van der Waals surface area contributed by atoms with Gasteiger partial charge in [-0.1, -0.05) is 24.3 Å². The monoisotopic (exact) mass is 392 g/mol. The van der Waals surface area contributed by atoms with E-state index < -0.39 is 5.91 Å². The highest BCUT2D eigenvalue weighted by molar-refractivity contribution is 5.97. The van der Waals surface area contributed by atoms with Crippen LogP contribution in [0.15, 0.2) is 48.5 Å². The highest BCUT2D eigenvalue weighted by atomic mass is 16.5. The van der Waals surface area contributed by atoms with Gasteiger partial charge in [-0.3, -0.25) is 14.5 Å². The largest absolute Gasteiger partial charge is 0.483 e. The Labute approximate surface area is 170 Å². The molecule has 2 amide bonds. The summed E-state index contributed by atoms with van der Waals surface area (Å²) in [5.41, 5.74) is 7.38. The van der Waals surface area contributed by atoms with Gasteiger partial charge >= 0.3 is 0 Å². The molecule has 29 heavy (non-hydrogen) atoms. The maximum Gasteiger partial charge on any atom is 0.257 e. The fourth-order valence-corrected chi connectivity index (χ4v) is 3.36. The second-order valence-corrected chi connectivity index (χ2v) is 6.98. The predicted molar refractivity (Wildman–Crippen MR) is 108 cm³/mol. The molecule has 0 aliphatic carbocycles. The minimum atomic E-state index is -0.583. The number of nitriles is 1. The molecule has 1 heterocycles. The van der Waals surface area contributed by atoms with Crippen LogP contribution in [0, 0.1) is 11.3 Å². The lowest BCUT2D eigenvalue weighted by molar-refractivity contribution is -0.119. The van der Waals surface area contributed by atoms with E-state index >= 15 is 0 Å². The first-order valence-corrected chi connectivity index (χ1v) is 9.57. The second-order valence-electron chi connectivity index (χ2n) is 6.98. The number of rotatable bonds is 6. The molecule has 2 aromatic rings. The van der Waals surface area contributed by atoms with Crippen molar-refractivity contribution in [3.05, 3.63) is 65.2 Å². The normalized spacial score (nSPS) is 14.7. The van der Waals surface area contributed by atoms with Gasteiger partial charge in [0.25, 0.3) is 11.8 Å². The molecule has 0 atom stereocenters. The number of hydrogen-bond acceptors (Lipinski definition) is 5. The minimum Gasteiger partial charge on any atom is -0.483 e. The van der Waals surface area contributed by atoms with Gasteiger partial charge in [-0.25, -0.2) is 0 Å². The van der Waals surface area contributed by atoms with Crippen LogP contribution in [0.4, 0.5) is 0 Å². The molecule has 2 aromatic carbocycles. The number of para-hydroxylation sites is 1. The fraction of sp³-hybridized carbons (Fsp3) is 0.318. The lowest BCUT2D eigenvalue weighted by atomic mass is 10.1. The molecule has 0 aromatic heterocycles. The summed E-state index contributed by atoms with van der Waals surface area (Å²) in [4.78, 5) is 28.2. The number of hydrogen-bond donors (Lipinski definition) is 1. The van der Waals surface area contributed by atoms with Crippen LogP contribution in [-0.2, 0) is 11.3 Å². The van der Waals surface area contributed by atoms with Crippen molar-refractivity contribution >= 4 is 11.8 Å². The molecule has 1 saturated heterocycles. The van der Waals surface area contributed by atoms with Crippen LogP contribution in [0.3, 0.4) is 0 Å². The number of nitrogens with zero attached hydrogens (tertiary/aromatic N) is 3. The summed E-state index contributed by atoms with van der Waals surface area (Å²) < 4.78 is 5.41. The van der Waals surface area contributed by atoms with Gasteiger partial charge < -0.3 is 15.4 Å². The van der Waals surface area contributed by atoms with Crippen molar-refractivity contribution < 1.29 is 14.3 Å². The summed E-state index contributed by atoms with van der Waals surface area (Å²) in [6.45, 7) is 3.44. The maximum atomic E-state index is 13.0. The van der Waals surface area contributed by atoms with E-state index in [0.717, 1.165) is 31.6 Å². The summed E-state index contributed by atoms with van der Waals surface area (Å²) in [6, 6.07) is 16.6. The van der Waals surface area contributed by atoms with Gasteiger partial charge in [-0.2, -0.15) is 5.26 Å². The number of ether oxygens (including phenoxy) is 1. The lowest BCUT2D eigenvalue weighted by Crippen LogP contribution is -2.35. The van der Waals surface area contributed by atoms with E-state index in [4.69, 9.17) is 15.7 Å². The van der Waals surface area contributed by atoms with E-state index in [0.29, 0.717) is 30.0 Å². The van der Waals surface area contributed by atoms with Crippen LogP contribution in [0.25, 0.3) is 0 Å². The van der Waals surface area contributed by atoms with Crippen molar-refractivity contribution in [2.45, 2.75) is 13.0 Å². The molecule has 1 aliphatic rings. The summed E-state index contributed by atoms with van der Waals surface area (Å²) in [7, 11) is 0. The highest BCUT2D eigenvalue weighted by Gasteiger charge is 2.23. The van der Waals surface area contributed by atoms with E-state index in [-0.39, 0.29) is 12.5 Å². The quantitative estimate of drug-likeness (QED) is 0.808. The van der Waals surface area contributed by atoms with Gasteiger partial charge in [0.15, 0.2) is 6.61 Å². The predicted octanol–water partition coefficient (Wildman–Crippen LogP) is 1.77. The third-order valence-corrected chi connectivity index (χ3v) is 4.85. The molecule has 0 spiro atoms. The molecule has 0 saturated carbocycles. The zero-order valence-electron chi connectivity index (χ0n) is 16.2. The van der Waals surface area contributed by atoms with Gasteiger partial charge in [0, 0.05) is 32.7 Å². The molecule has 0 unspecified atom stereocenters. The number of carbonyl (C=O) groups excluding carboxylic acids is 2. The Kier molecular flexibility index (Phi) is 6.82. The molecule has 150 valence electrons. The van der Waals surface area contributed by atoms with Crippen molar-refractivity contribution in [3.63, 3.8) is 0 Å². The SMILES string of the molecule is N#Cc1ccc(CN2CCCN(C(=O)c3ccccc3OCC(N)=O)CC2)cc1. The van der Waals surface area contributed by atoms with E-state index in [9.17, 15) is 9.59 Å². The second kappa shape index (κ2) is 9.71. The van der Waals surface area contributed by atoms with E-state index in [1.807, 2.05) is 29.2 Å². The average Bonchev–Trinajstić information content (AvgIpc) is 2.98. The van der Waals surface area contributed by atoms with Crippen molar-refractivity contribution in [1.82, 2.24) is 9.80 Å². The number of primary amides is 1. The molecule has 0 bridgehead atoms. The average molecular weight is 392 g/mol. The number of nitrogens with two attached hydrogens (primary N) is 1. The summed E-state index contributed by atoms with van der Waals surface area (Å²) in [5, 5.41) is 8.91. The van der Waals surface area contributed by atoms with Crippen molar-refractivity contribution in [1.29, 1.82) is 5.26 Å². The molecule has 0 radical (unpaired) electrons. The Morgan fingerprint density at radius 1 is 1.03 bits per heavy atom. The van der Waals surface area contributed by atoms with Gasteiger partial charge in [0.2, 0.25) is 0 Å². The van der Waals surface area contributed by atoms with Crippen LogP contribution in [-0.4, -0.2) is 54.4 Å². The third-order valence-electron chi connectivity index (χ3n) is 4.85. The highest BCUT2D eigenvalue weighted by Crippen LogP contribution is 2.21. The maximum absolute atomic E-state index is 13.0. The fourth-order valence-electron chi connectivity index (χ4n) is 3.36. The Morgan fingerprint density at radius 3 is 2.52 bits per heavy atom. The van der Waals surface area contributed by atoms with Crippen molar-refractivity contribution in [2.75, 3.05) is 32.8 Å². The molecule has 1 fully saturated rings.